The van der Waals surface area contributed by atoms with Gasteiger partial charge in [0.2, 0.25) is 0 Å². The van der Waals surface area contributed by atoms with E-state index in [1.54, 1.807) is 0 Å². The summed E-state index contributed by atoms with van der Waals surface area (Å²) in [5.74, 6) is 0. The highest BCUT2D eigenvalue weighted by molar-refractivity contribution is 5.11. The highest BCUT2D eigenvalue weighted by Crippen LogP contribution is 2.14. The van der Waals surface area contributed by atoms with Gasteiger partial charge in [-0.05, 0) is 40.7 Å². The lowest BCUT2D eigenvalue weighted by Crippen LogP contribution is -2.47. The van der Waals surface area contributed by atoms with Gasteiger partial charge < -0.3 is 10.4 Å². The molecule has 1 heterocycles. The number of nitrogens with one attached hydrogen (secondary N) is 1. The first-order valence-electron chi connectivity index (χ1n) is 6.06. The van der Waals surface area contributed by atoms with Gasteiger partial charge in [-0.1, -0.05) is 0 Å². The largest absolute Gasteiger partial charge is 0.388 e. The molecule has 0 amide bonds. The van der Waals surface area contributed by atoms with Gasteiger partial charge in [-0.25, -0.2) is 0 Å². The lowest BCUT2D eigenvalue weighted by atomic mass is 9.98. The van der Waals surface area contributed by atoms with E-state index < -0.39 is 5.60 Å². The first-order valence-corrected chi connectivity index (χ1v) is 6.06. The lowest BCUT2D eigenvalue weighted by Gasteiger charge is -2.29. The van der Waals surface area contributed by atoms with E-state index in [1.165, 1.54) is 0 Å². The van der Waals surface area contributed by atoms with Crippen LogP contribution < -0.4 is 5.32 Å². The summed E-state index contributed by atoms with van der Waals surface area (Å²) >= 11 is 0. The van der Waals surface area contributed by atoms with Crippen molar-refractivity contribution in [3.63, 3.8) is 0 Å². The first kappa shape index (κ1) is 14.2. The fraction of sp³-hybridized carbons (Fsp3) is 0.769. The Kier molecular flexibility index (Phi) is 3.99. The van der Waals surface area contributed by atoms with Crippen LogP contribution in [0.4, 0.5) is 0 Å². The Morgan fingerprint density at radius 3 is 2.35 bits per heavy atom. The fourth-order valence-electron chi connectivity index (χ4n) is 1.74. The maximum atomic E-state index is 10.4. The van der Waals surface area contributed by atoms with Gasteiger partial charge in [0, 0.05) is 31.2 Å². The highest BCUT2D eigenvalue weighted by Gasteiger charge is 2.24. The molecule has 0 spiro atoms. The number of aryl methyl sites for hydroxylation is 2. The minimum absolute atomic E-state index is 0.0202. The Labute approximate surface area is 104 Å². The number of aliphatic hydroxyl groups is 1. The summed E-state index contributed by atoms with van der Waals surface area (Å²) in [5.41, 5.74) is 1.31. The molecule has 4 heteroatoms. The summed E-state index contributed by atoms with van der Waals surface area (Å²) in [6.07, 6.45) is 0.605. The molecule has 1 atom stereocenters. The van der Waals surface area contributed by atoms with Crippen LogP contribution in [0.15, 0.2) is 6.07 Å². The van der Waals surface area contributed by atoms with Gasteiger partial charge in [0.15, 0.2) is 0 Å². The van der Waals surface area contributed by atoms with Gasteiger partial charge in [-0.3, -0.25) is 4.68 Å². The Morgan fingerprint density at radius 1 is 1.35 bits per heavy atom. The van der Waals surface area contributed by atoms with E-state index in [9.17, 15) is 5.11 Å². The Balaban J connectivity index is 2.63. The summed E-state index contributed by atoms with van der Waals surface area (Å²) in [6, 6.07) is 2.02. The number of aromatic nitrogens is 2. The van der Waals surface area contributed by atoms with Gasteiger partial charge in [-0.2, -0.15) is 5.10 Å². The predicted molar refractivity (Wildman–Crippen MR) is 70.0 cm³/mol. The number of β-amino-alcohol motifs (C(OH)–C–C–N with tert-alkyl or cyclic N) is 1. The number of hydrogen-bond acceptors (Lipinski definition) is 3. The van der Waals surface area contributed by atoms with Crippen molar-refractivity contribution in [1.82, 2.24) is 15.1 Å². The van der Waals surface area contributed by atoms with Crippen molar-refractivity contribution in [3.8, 4) is 0 Å². The lowest BCUT2D eigenvalue weighted by molar-refractivity contribution is 0.0516. The molecule has 1 rings (SSSR count). The van der Waals surface area contributed by atoms with E-state index in [0.717, 1.165) is 11.4 Å². The molecular formula is C13H25N3O. The second-order valence-corrected chi connectivity index (χ2v) is 6.18. The normalized spacial score (nSPS) is 15.9. The molecule has 0 aliphatic heterocycles. The molecule has 0 aromatic carbocycles. The quantitative estimate of drug-likeness (QED) is 0.835. The van der Waals surface area contributed by atoms with Gasteiger partial charge in [0.05, 0.1) is 11.3 Å². The standard InChI is InChI=1S/C13H25N3O/c1-10-7-11(16(6)15-10)8-13(5,17)9-14-12(2,3)4/h7,14,17H,8-9H2,1-6H3. The molecule has 0 aliphatic carbocycles. The summed E-state index contributed by atoms with van der Waals surface area (Å²) in [4.78, 5) is 0. The number of nitrogens with zero attached hydrogens (tertiary/aromatic N) is 2. The van der Waals surface area contributed by atoms with Crippen molar-refractivity contribution >= 4 is 0 Å². The van der Waals surface area contributed by atoms with Crippen molar-refractivity contribution in [2.75, 3.05) is 6.54 Å². The Bertz CT molecular complexity index is 375. The molecule has 0 aliphatic rings. The van der Waals surface area contributed by atoms with Gasteiger partial charge in [-0.15, -0.1) is 0 Å². The zero-order valence-corrected chi connectivity index (χ0v) is 11.8. The topological polar surface area (TPSA) is 50.1 Å². The molecule has 0 saturated heterocycles. The van der Waals surface area contributed by atoms with E-state index in [-0.39, 0.29) is 5.54 Å². The maximum Gasteiger partial charge on any atom is 0.0798 e. The SMILES string of the molecule is Cc1cc(CC(C)(O)CNC(C)(C)C)n(C)n1. The molecule has 1 aromatic rings. The predicted octanol–water partition coefficient (Wildman–Crippen LogP) is 1.41. The molecule has 0 radical (unpaired) electrons. The third kappa shape index (κ3) is 4.88. The van der Waals surface area contributed by atoms with Crippen LogP contribution in [0.1, 0.15) is 39.1 Å². The van der Waals surface area contributed by atoms with Gasteiger partial charge in [0.25, 0.3) is 0 Å². The van der Waals surface area contributed by atoms with E-state index in [1.807, 2.05) is 31.6 Å². The molecule has 98 valence electrons. The van der Waals surface area contributed by atoms with Crippen LogP contribution in [0.2, 0.25) is 0 Å². The van der Waals surface area contributed by atoms with Gasteiger partial charge >= 0.3 is 0 Å². The van der Waals surface area contributed by atoms with E-state index in [4.69, 9.17) is 0 Å². The van der Waals surface area contributed by atoms with Crippen LogP contribution in [0.25, 0.3) is 0 Å². The third-order valence-corrected chi connectivity index (χ3v) is 2.66. The molecule has 1 aromatic heterocycles. The summed E-state index contributed by atoms with van der Waals surface area (Å²) < 4.78 is 1.83. The van der Waals surface area contributed by atoms with Crippen molar-refractivity contribution in [3.05, 3.63) is 17.5 Å². The van der Waals surface area contributed by atoms with E-state index in [2.05, 4.69) is 31.2 Å². The van der Waals surface area contributed by atoms with Crippen molar-refractivity contribution in [2.45, 2.75) is 52.2 Å². The number of rotatable bonds is 4. The zero-order valence-electron chi connectivity index (χ0n) is 11.8. The van der Waals surface area contributed by atoms with Crippen LogP contribution in [0.3, 0.4) is 0 Å². The van der Waals surface area contributed by atoms with Crippen LogP contribution in [-0.4, -0.2) is 32.6 Å². The molecule has 0 bridgehead atoms. The average molecular weight is 239 g/mol. The fourth-order valence-corrected chi connectivity index (χ4v) is 1.74. The number of hydrogen-bond donors (Lipinski definition) is 2. The second kappa shape index (κ2) is 4.78. The van der Waals surface area contributed by atoms with Crippen LogP contribution in [-0.2, 0) is 13.5 Å². The van der Waals surface area contributed by atoms with Crippen molar-refractivity contribution in [1.29, 1.82) is 0 Å². The molecule has 17 heavy (non-hydrogen) atoms. The van der Waals surface area contributed by atoms with E-state index >= 15 is 0 Å². The van der Waals surface area contributed by atoms with Crippen molar-refractivity contribution in [2.24, 2.45) is 7.05 Å². The van der Waals surface area contributed by atoms with Crippen LogP contribution in [0, 0.1) is 6.92 Å². The van der Waals surface area contributed by atoms with E-state index in [0.29, 0.717) is 13.0 Å². The summed E-state index contributed by atoms with van der Waals surface area (Å²) in [6.45, 7) is 10.7. The first-order chi connectivity index (χ1) is 7.59. The second-order valence-electron chi connectivity index (χ2n) is 6.18. The summed E-state index contributed by atoms with van der Waals surface area (Å²) in [7, 11) is 1.91. The molecule has 0 saturated carbocycles. The Hall–Kier alpha value is -0.870. The van der Waals surface area contributed by atoms with Gasteiger partial charge in [0.1, 0.15) is 0 Å². The zero-order chi connectivity index (χ0) is 13.3. The average Bonchev–Trinajstić information content (AvgIpc) is 2.40. The minimum Gasteiger partial charge on any atom is -0.388 e. The van der Waals surface area contributed by atoms with Crippen LogP contribution in [0.5, 0.6) is 0 Å². The molecule has 0 fully saturated rings. The van der Waals surface area contributed by atoms with Crippen LogP contribution >= 0.6 is 0 Å². The Morgan fingerprint density at radius 2 is 1.94 bits per heavy atom. The molecular weight excluding hydrogens is 214 g/mol. The van der Waals surface area contributed by atoms with Crippen molar-refractivity contribution < 1.29 is 5.11 Å². The molecule has 4 nitrogen and oxygen atoms in total. The monoisotopic (exact) mass is 239 g/mol. The maximum absolute atomic E-state index is 10.4. The minimum atomic E-state index is -0.756. The smallest absolute Gasteiger partial charge is 0.0798 e. The third-order valence-electron chi connectivity index (χ3n) is 2.66. The summed E-state index contributed by atoms with van der Waals surface area (Å²) in [5, 5.41) is 18.0. The molecule has 1 unspecified atom stereocenters. The molecule has 2 N–H and O–H groups in total. The highest BCUT2D eigenvalue weighted by atomic mass is 16.3.